The number of carbonyl (C=O) groups is 2. The van der Waals surface area contributed by atoms with Crippen LogP contribution in [0.25, 0.3) is 0 Å². The highest BCUT2D eigenvalue weighted by Gasteiger charge is 2.54. The fourth-order valence-electron chi connectivity index (χ4n) is 3.13. The smallest absolute Gasteiger partial charge is 0.147 e. The Morgan fingerprint density at radius 1 is 1.29 bits per heavy atom. The Balaban J connectivity index is 2.38. The van der Waals surface area contributed by atoms with Gasteiger partial charge in [0.25, 0.3) is 0 Å². The van der Waals surface area contributed by atoms with Gasteiger partial charge in [-0.15, -0.1) is 6.58 Å². The maximum atomic E-state index is 11.9. The maximum Gasteiger partial charge on any atom is 0.147 e. The van der Waals surface area contributed by atoms with Gasteiger partial charge in [0.05, 0.1) is 5.41 Å². The minimum Gasteiger partial charge on any atom is -0.299 e. The topological polar surface area (TPSA) is 34.1 Å². The van der Waals surface area contributed by atoms with E-state index in [9.17, 15) is 9.59 Å². The molecule has 0 aromatic carbocycles. The van der Waals surface area contributed by atoms with Crippen molar-refractivity contribution in [2.45, 2.75) is 38.5 Å². The average molecular weight is 192 g/mol. The molecule has 0 spiro atoms. The summed E-state index contributed by atoms with van der Waals surface area (Å²) in [5.41, 5.74) is -0.639. The summed E-state index contributed by atoms with van der Waals surface area (Å²) in [4.78, 5) is 23.8. The lowest BCUT2D eigenvalue weighted by atomic mass is 9.65. The van der Waals surface area contributed by atoms with E-state index in [2.05, 4.69) is 6.58 Å². The minimum absolute atomic E-state index is 0.173. The first-order valence-electron chi connectivity index (χ1n) is 5.39. The molecule has 0 aromatic rings. The number of ketones is 2. The second-order valence-electron chi connectivity index (χ2n) is 4.44. The molecule has 2 nitrogen and oxygen atoms in total. The first-order valence-corrected chi connectivity index (χ1v) is 5.39. The molecule has 0 amide bonds. The van der Waals surface area contributed by atoms with E-state index in [4.69, 9.17) is 0 Å². The minimum atomic E-state index is -0.639. The van der Waals surface area contributed by atoms with E-state index >= 15 is 0 Å². The molecule has 2 atom stereocenters. The Labute approximate surface area is 84.4 Å². The summed E-state index contributed by atoms with van der Waals surface area (Å²) >= 11 is 0. The van der Waals surface area contributed by atoms with Crippen molar-refractivity contribution in [2.75, 3.05) is 0 Å². The normalized spacial score (nSPS) is 37.0. The predicted molar refractivity (Wildman–Crippen MR) is 53.8 cm³/mol. The van der Waals surface area contributed by atoms with Crippen LogP contribution >= 0.6 is 0 Å². The summed E-state index contributed by atoms with van der Waals surface area (Å²) in [6.07, 6.45) is 6.43. The van der Waals surface area contributed by atoms with Crippen LogP contribution in [0.2, 0.25) is 0 Å². The first kappa shape index (κ1) is 9.63. The van der Waals surface area contributed by atoms with Gasteiger partial charge < -0.3 is 0 Å². The summed E-state index contributed by atoms with van der Waals surface area (Å²) < 4.78 is 0. The molecule has 0 heterocycles. The molecule has 0 radical (unpaired) electrons. The highest BCUT2D eigenvalue weighted by molar-refractivity contribution is 6.09. The maximum absolute atomic E-state index is 11.9. The van der Waals surface area contributed by atoms with Crippen molar-refractivity contribution >= 4 is 11.6 Å². The molecule has 2 aliphatic carbocycles. The predicted octanol–water partition coefficient (Wildman–Crippen LogP) is 2.28. The van der Waals surface area contributed by atoms with Crippen molar-refractivity contribution < 1.29 is 9.59 Å². The van der Waals surface area contributed by atoms with Gasteiger partial charge in [0.1, 0.15) is 11.6 Å². The van der Waals surface area contributed by atoms with E-state index in [1.165, 1.54) is 0 Å². The lowest BCUT2D eigenvalue weighted by Gasteiger charge is -2.35. The van der Waals surface area contributed by atoms with Crippen molar-refractivity contribution in [1.29, 1.82) is 0 Å². The third-order valence-corrected chi connectivity index (χ3v) is 3.83. The summed E-state index contributed by atoms with van der Waals surface area (Å²) in [5.74, 6) is 0.664. The van der Waals surface area contributed by atoms with Gasteiger partial charge >= 0.3 is 0 Å². The second kappa shape index (κ2) is 3.34. The van der Waals surface area contributed by atoms with E-state index in [1.54, 1.807) is 6.08 Å². The molecule has 0 N–H and O–H groups in total. The molecule has 76 valence electrons. The highest BCUT2D eigenvalue weighted by Crippen LogP contribution is 2.50. The largest absolute Gasteiger partial charge is 0.299 e. The van der Waals surface area contributed by atoms with Gasteiger partial charge in [-0.2, -0.15) is 0 Å². The zero-order chi connectivity index (χ0) is 10.2. The lowest BCUT2D eigenvalue weighted by molar-refractivity contribution is -0.143. The fraction of sp³-hybridized carbons (Fsp3) is 0.667. The zero-order valence-corrected chi connectivity index (χ0v) is 8.42. The number of hydrogen-bond acceptors (Lipinski definition) is 2. The van der Waals surface area contributed by atoms with Crippen molar-refractivity contribution in [1.82, 2.24) is 0 Å². The Hall–Kier alpha value is -0.920. The van der Waals surface area contributed by atoms with Crippen LogP contribution in [0.5, 0.6) is 0 Å². The molecule has 0 aliphatic heterocycles. The number of fused-ring (bicyclic) bond motifs is 1. The van der Waals surface area contributed by atoms with Gasteiger partial charge in [0.15, 0.2) is 0 Å². The van der Waals surface area contributed by atoms with Gasteiger partial charge in [0.2, 0.25) is 0 Å². The van der Waals surface area contributed by atoms with Gasteiger partial charge in [-0.05, 0) is 31.6 Å². The number of carbonyl (C=O) groups excluding carboxylic acids is 2. The van der Waals surface area contributed by atoms with E-state index in [0.717, 1.165) is 19.3 Å². The van der Waals surface area contributed by atoms with Crippen LogP contribution in [0, 0.1) is 11.3 Å². The van der Waals surface area contributed by atoms with E-state index in [-0.39, 0.29) is 11.6 Å². The monoisotopic (exact) mass is 192 g/mol. The van der Waals surface area contributed by atoms with Crippen LogP contribution in [0.1, 0.15) is 38.5 Å². The molecule has 0 unspecified atom stereocenters. The molecule has 2 saturated carbocycles. The molecule has 2 heteroatoms. The van der Waals surface area contributed by atoms with E-state index < -0.39 is 5.41 Å². The SMILES string of the molecule is C=CC[C@]12C(=O)CCC[C@H]1CCC2=O. The fourth-order valence-corrected chi connectivity index (χ4v) is 3.13. The summed E-state index contributed by atoms with van der Waals surface area (Å²) in [5, 5.41) is 0. The van der Waals surface area contributed by atoms with Gasteiger partial charge in [-0.3, -0.25) is 9.59 Å². The second-order valence-corrected chi connectivity index (χ2v) is 4.44. The lowest BCUT2D eigenvalue weighted by Crippen LogP contribution is -2.43. The van der Waals surface area contributed by atoms with Crippen LogP contribution < -0.4 is 0 Å². The molecule has 2 aliphatic rings. The van der Waals surface area contributed by atoms with Crippen LogP contribution in [0.4, 0.5) is 0 Å². The van der Waals surface area contributed by atoms with Gasteiger partial charge in [0, 0.05) is 12.8 Å². The van der Waals surface area contributed by atoms with Crippen molar-refractivity contribution in [2.24, 2.45) is 11.3 Å². The summed E-state index contributed by atoms with van der Waals surface area (Å²) in [6, 6.07) is 0. The molecule has 14 heavy (non-hydrogen) atoms. The Morgan fingerprint density at radius 2 is 2.00 bits per heavy atom. The highest BCUT2D eigenvalue weighted by atomic mass is 16.2. The third kappa shape index (κ3) is 1.09. The third-order valence-electron chi connectivity index (χ3n) is 3.83. The first-order chi connectivity index (χ1) is 6.71. The van der Waals surface area contributed by atoms with Crippen molar-refractivity contribution in [3.05, 3.63) is 12.7 Å². The van der Waals surface area contributed by atoms with Crippen molar-refractivity contribution in [3.8, 4) is 0 Å². The molecule has 0 saturated heterocycles. The number of hydrogen-bond donors (Lipinski definition) is 0. The standard InChI is InChI=1S/C12H16O2/c1-2-8-12-9(6-7-11(12)14)4-3-5-10(12)13/h2,9H,1,3-8H2/t9-,12+/m0/s1. The van der Waals surface area contributed by atoms with Gasteiger partial charge in [-0.1, -0.05) is 6.08 Å². The summed E-state index contributed by atoms with van der Waals surface area (Å²) in [6.45, 7) is 3.67. The number of Topliss-reactive ketones (excluding diaryl/α,β-unsaturated/α-hetero) is 2. The number of rotatable bonds is 2. The van der Waals surface area contributed by atoms with E-state index in [0.29, 0.717) is 25.2 Å². The summed E-state index contributed by atoms with van der Waals surface area (Å²) in [7, 11) is 0. The Bertz CT molecular complexity index is 293. The zero-order valence-electron chi connectivity index (χ0n) is 8.42. The van der Waals surface area contributed by atoms with Crippen LogP contribution in [0.15, 0.2) is 12.7 Å². The van der Waals surface area contributed by atoms with Crippen molar-refractivity contribution in [3.63, 3.8) is 0 Å². The van der Waals surface area contributed by atoms with Crippen LogP contribution in [-0.4, -0.2) is 11.6 Å². The van der Waals surface area contributed by atoms with Gasteiger partial charge in [-0.25, -0.2) is 0 Å². The molecule has 0 aromatic heterocycles. The molecule has 2 rings (SSSR count). The molecule has 0 bridgehead atoms. The Kier molecular flexibility index (Phi) is 2.30. The average Bonchev–Trinajstić information content (AvgIpc) is 2.48. The van der Waals surface area contributed by atoms with Crippen LogP contribution in [0.3, 0.4) is 0 Å². The quantitative estimate of drug-likeness (QED) is 0.497. The van der Waals surface area contributed by atoms with E-state index in [1.807, 2.05) is 0 Å². The molecular weight excluding hydrogens is 176 g/mol. The molecular formula is C12H16O2. The number of allylic oxidation sites excluding steroid dienone is 1. The Morgan fingerprint density at radius 3 is 2.71 bits per heavy atom. The molecule has 2 fully saturated rings. The van der Waals surface area contributed by atoms with Crippen LogP contribution in [-0.2, 0) is 9.59 Å².